The maximum Gasteiger partial charge on any atom is 0.232 e. The van der Waals surface area contributed by atoms with E-state index >= 15 is 0 Å². The summed E-state index contributed by atoms with van der Waals surface area (Å²) in [5.41, 5.74) is 0. The molecule has 2 heterocycles. The Labute approximate surface area is 113 Å². The molecule has 1 aliphatic rings. The molecular weight excluding hydrogens is 309 g/mol. The molecule has 2 rings (SSSR count). The van der Waals surface area contributed by atoms with Crippen LogP contribution in [-0.2, 0) is 4.74 Å². The Morgan fingerprint density at radius 3 is 3.24 bits per heavy atom. The molecule has 0 N–H and O–H groups in total. The van der Waals surface area contributed by atoms with Gasteiger partial charge in [0.25, 0.3) is 0 Å². The van der Waals surface area contributed by atoms with Crippen molar-refractivity contribution in [3.05, 3.63) is 10.7 Å². The highest BCUT2D eigenvalue weighted by Gasteiger charge is 2.25. The van der Waals surface area contributed by atoms with Crippen LogP contribution in [0, 0.1) is 0 Å². The molecule has 0 aliphatic carbocycles. The number of hydrogen-bond acceptors (Lipinski definition) is 5. The smallest absolute Gasteiger partial charge is 0.232 e. The number of aromatic nitrogens is 2. The summed E-state index contributed by atoms with van der Waals surface area (Å²) in [5.74, 6) is 1.63. The number of hydrogen-bond donors (Lipinski definition) is 0. The Morgan fingerprint density at radius 2 is 2.53 bits per heavy atom. The first-order valence-corrected chi connectivity index (χ1v) is 6.56. The van der Waals surface area contributed by atoms with E-state index in [1.54, 1.807) is 13.3 Å². The minimum absolute atomic E-state index is 0.108. The first-order valence-electron chi connectivity index (χ1n) is 5.23. The monoisotopic (exact) mass is 321 g/mol. The Kier molecular flexibility index (Phi) is 4.42. The second-order valence-corrected chi connectivity index (χ2v) is 4.77. The van der Waals surface area contributed by atoms with Crippen LogP contribution in [0.1, 0.15) is 0 Å². The molecule has 1 fully saturated rings. The molecule has 0 aromatic carbocycles. The van der Waals surface area contributed by atoms with Crippen LogP contribution >= 0.6 is 27.5 Å². The number of rotatable bonds is 3. The quantitative estimate of drug-likeness (QED) is 0.793. The Morgan fingerprint density at radius 1 is 1.71 bits per heavy atom. The Hall–Kier alpha value is -0.590. The van der Waals surface area contributed by atoms with Gasteiger partial charge in [-0.1, -0.05) is 0 Å². The van der Waals surface area contributed by atoms with Crippen molar-refractivity contribution in [3.63, 3.8) is 0 Å². The molecule has 0 spiro atoms. The standard InChI is InChI=1S/C10H13BrClN3O2/c1-16-9-8(11)5-13-10(14-9)15-2-3-17-6-7(15)4-12/h5,7H,2-4,6H2,1H3. The molecule has 1 saturated heterocycles. The Balaban J connectivity index is 2.25. The highest BCUT2D eigenvalue weighted by Crippen LogP contribution is 2.25. The summed E-state index contributed by atoms with van der Waals surface area (Å²) >= 11 is 9.24. The summed E-state index contributed by atoms with van der Waals surface area (Å²) < 4.78 is 11.3. The fourth-order valence-corrected chi connectivity index (χ4v) is 2.28. The van der Waals surface area contributed by atoms with Crippen LogP contribution in [-0.4, -0.2) is 48.8 Å². The van der Waals surface area contributed by atoms with Crippen molar-refractivity contribution in [1.82, 2.24) is 9.97 Å². The summed E-state index contributed by atoms with van der Waals surface area (Å²) in [6, 6.07) is 0.108. The zero-order valence-electron chi connectivity index (χ0n) is 9.40. The van der Waals surface area contributed by atoms with E-state index in [9.17, 15) is 0 Å². The van der Waals surface area contributed by atoms with Crippen molar-refractivity contribution >= 4 is 33.5 Å². The van der Waals surface area contributed by atoms with Gasteiger partial charge in [-0.2, -0.15) is 4.98 Å². The molecule has 0 radical (unpaired) electrons. The van der Waals surface area contributed by atoms with Crippen molar-refractivity contribution in [2.24, 2.45) is 0 Å². The van der Waals surface area contributed by atoms with E-state index in [0.717, 1.165) is 11.0 Å². The van der Waals surface area contributed by atoms with Crippen LogP contribution in [0.4, 0.5) is 5.95 Å². The second kappa shape index (κ2) is 5.84. The van der Waals surface area contributed by atoms with Gasteiger partial charge < -0.3 is 14.4 Å². The molecule has 94 valence electrons. The van der Waals surface area contributed by atoms with Crippen molar-refractivity contribution < 1.29 is 9.47 Å². The van der Waals surface area contributed by atoms with Gasteiger partial charge in [0.05, 0.1) is 37.0 Å². The van der Waals surface area contributed by atoms with Gasteiger partial charge in [0.2, 0.25) is 11.8 Å². The highest BCUT2D eigenvalue weighted by atomic mass is 79.9. The molecule has 1 unspecified atom stereocenters. The maximum absolute atomic E-state index is 5.91. The van der Waals surface area contributed by atoms with Gasteiger partial charge in [0, 0.05) is 12.4 Å². The fraction of sp³-hybridized carbons (Fsp3) is 0.600. The van der Waals surface area contributed by atoms with Gasteiger partial charge >= 0.3 is 0 Å². The summed E-state index contributed by atoms with van der Waals surface area (Å²) in [6.07, 6.45) is 1.68. The number of morpholine rings is 1. The maximum atomic E-state index is 5.91. The van der Waals surface area contributed by atoms with E-state index in [0.29, 0.717) is 30.9 Å². The van der Waals surface area contributed by atoms with E-state index in [1.807, 2.05) is 4.90 Å². The van der Waals surface area contributed by atoms with Crippen LogP contribution in [0.25, 0.3) is 0 Å². The van der Waals surface area contributed by atoms with E-state index in [4.69, 9.17) is 21.1 Å². The van der Waals surface area contributed by atoms with E-state index < -0.39 is 0 Å². The van der Waals surface area contributed by atoms with Crippen LogP contribution in [0.3, 0.4) is 0 Å². The number of methoxy groups -OCH3 is 1. The molecule has 0 saturated carbocycles. The zero-order chi connectivity index (χ0) is 12.3. The van der Waals surface area contributed by atoms with Gasteiger partial charge in [-0.05, 0) is 15.9 Å². The van der Waals surface area contributed by atoms with Crippen LogP contribution in [0.15, 0.2) is 10.7 Å². The van der Waals surface area contributed by atoms with Crippen molar-refractivity contribution in [1.29, 1.82) is 0 Å². The zero-order valence-corrected chi connectivity index (χ0v) is 11.7. The average Bonchev–Trinajstić information content (AvgIpc) is 2.39. The van der Waals surface area contributed by atoms with Crippen LogP contribution in [0.5, 0.6) is 5.88 Å². The third-order valence-corrected chi connectivity index (χ3v) is 3.46. The van der Waals surface area contributed by atoms with E-state index in [1.165, 1.54) is 0 Å². The predicted octanol–water partition coefficient (Wildman–Crippen LogP) is 1.69. The molecular formula is C10H13BrClN3O2. The largest absolute Gasteiger partial charge is 0.480 e. The molecule has 1 aromatic heterocycles. The van der Waals surface area contributed by atoms with E-state index in [2.05, 4.69) is 25.9 Å². The lowest BCUT2D eigenvalue weighted by atomic mass is 10.3. The lowest BCUT2D eigenvalue weighted by Crippen LogP contribution is -2.47. The van der Waals surface area contributed by atoms with Gasteiger partial charge in [-0.3, -0.25) is 0 Å². The van der Waals surface area contributed by atoms with Crippen molar-refractivity contribution in [2.75, 3.05) is 37.6 Å². The first-order chi connectivity index (χ1) is 8.26. The van der Waals surface area contributed by atoms with Gasteiger partial charge in [-0.15, -0.1) is 11.6 Å². The van der Waals surface area contributed by atoms with Gasteiger partial charge in [0.1, 0.15) is 0 Å². The molecule has 7 heteroatoms. The molecule has 0 bridgehead atoms. The fourth-order valence-electron chi connectivity index (χ4n) is 1.67. The molecule has 0 amide bonds. The Bertz CT molecular complexity index is 394. The SMILES string of the molecule is COc1nc(N2CCOCC2CCl)ncc1Br. The highest BCUT2D eigenvalue weighted by molar-refractivity contribution is 9.10. The van der Waals surface area contributed by atoms with Gasteiger partial charge in [-0.25, -0.2) is 4.98 Å². The lowest BCUT2D eigenvalue weighted by molar-refractivity contribution is 0.0988. The summed E-state index contributed by atoms with van der Waals surface area (Å²) in [4.78, 5) is 10.7. The molecule has 1 aliphatic heterocycles. The molecule has 17 heavy (non-hydrogen) atoms. The second-order valence-electron chi connectivity index (χ2n) is 3.60. The number of nitrogens with zero attached hydrogens (tertiary/aromatic N) is 3. The third kappa shape index (κ3) is 2.81. The molecule has 5 nitrogen and oxygen atoms in total. The normalized spacial score (nSPS) is 20.4. The van der Waals surface area contributed by atoms with Crippen LogP contribution < -0.4 is 9.64 Å². The minimum atomic E-state index is 0.108. The number of halogens is 2. The van der Waals surface area contributed by atoms with Crippen molar-refractivity contribution in [2.45, 2.75) is 6.04 Å². The van der Waals surface area contributed by atoms with Crippen LogP contribution in [0.2, 0.25) is 0 Å². The first kappa shape index (κ1) is 12.9. The topological polar surface area (TPSA) is 47.5 Å². The number of alkyl halides is 1. The molecule has 1 aromatic rings. The van der Waals surface area contributed by atoms with Crippen molar-refractivity contribution in [3.8, 4) is 5.88 Å². The van der Waals surface area contributed by atoms with Gasteiger partial charge in [0.15, 0.2) is 0 Å². The summed E-state index contributed by atoms with van der Waals surface area (Å²) in [7, 11) is 1.58. The number of anilines is 1. The van der Waals surface area contributed by atoms with E-state index in [-0.39, 0.29) is 6.04 Å². The minimum Gasteiger partial charge on any atom is -0.480 e. The lowest BCUT2D eigenvalue weighted by Gasteiger charge is -2.34. The average molecular weight is 323 g/mol. The number of ether oxygens (including phenoxy) is 2. The summed E-state index contributed by atoms with van der Waals surface area (Å²) in [6.45, 7) is 2.00. The molecule has 1 atom stereocenters. The third-order valence-electron chi connectivity index (χ3n) is 2.56. The predicted molar refractivity (Wildman–Crippen MR) is 69.0 cm³/mol. The summed E-state index contributed by atoms with van der Waals surface area (Å²) in [5, 5.41) is 0.